The summed E-state index contributed by atoms with van der Waals surface area (Å²) in [6.07, 6.45) is 8.07. The average molecular weight is 237 g/mol. The van der Waals surface area contributed by atoms with Crippen LogP contribution in [0.3, 0.4) is 0 Å². The van der Waals surface area contributed by atoms with Crippen molar-refractivity contribution in [2.24, 2.45) is 0 Å². The first-order valence-electron chi connectivity index (χ1n) is 5.71. The van der Waals surface area contributed by atoms with Gasteiger partial charge in [-0.15, -0.1) is 5.10 Å². The lowest BCUT2D eigenvalue weighted by Gasteiger charge is -2.18. The van der Waals surface area contributed by atoms with E-state index in [-0.39, 0.29) is 0 Å². The molecule has 1 aliphatic carbocycles. The summed E-state index contributed by atoms with van der Waals surface area (Å²) in [5.41, 5.74) is 1.64. The maximum Gasteiger partial charge on any atom is 0.179 e. The van der Waals surface area contributed by atoms with Gasteiger partial charge in [0.15, 0.2) is 5.15 Å². The van der Waals surface area contributed by atoms with Gasteiger partial charge in [0.1, 0.15) is 11.3 Å². The molecule has 0 aliphatic heterocycles. The molecule has 0 radical (unpaired) electrons. The molecule has 4 nitrogen and oxygen atoms in total. The summed E-state index contributed by atoms with van der Waals surface area (Å²) in [6.45, 7) is 0. The van der Waals surface area contributed by atoms with Crippen LogP contribution >= 0.6 is 11.6 Å². The zero-order chi connectivity index (χ0) is 11.0. The number of H-pyrrole nitrogens is 1. The maximum absolute atomic E-state index is 5.95. The fourth-order valence-corrected chi connectivity index (χ4v) is 2.60. The van der Waals surface area contributed by atoms with Crippen LogP contribution in [0, 0.1) is 0 Å². The van der Waals surface area contributed by atoms with Gasteiger partial charge < -0.3 is 4.98 Å². The van der Waals surface area contributed by atoms with Gasteiger partial charge in [0.2, 0.25) is 0 Å². The van der Waals surface area contributed by atoms with Crippen LogP contribution < -0.4 is 0 Å². The number of aromatic nitrogens is 4. The molecule has 0 bridgehead atoms. The number of rotatable bonds is 1. The van der Waals surface area contributed by atoms with Crippen molar-refractivity contribution in [3.8, 4) is 0 Å². The third-order valence-corrected chi connectivity index (χ3v) is 3.52. The van der Waals surface area contributed by atoms with E-state index in [2.05, 4.69) is 20.2 Å². The average Bonchev–Trinajstić information content (AvgIpc) is 2.76. The van der Waals surface area contributed by atoms with Crippen LogP contribution in [0.4, 0.5) is 0 Å². The lowest BCUT2D eigenvalue weighted by Crippen LogP contribution is -2.05. The van der Waals surface area contributed by atoms with E-state index >= 15 is 0 Å². The molecule has 3 rings (SSSR count). The molecule has 2 aromatic rings. The van der Waals surface area contributed by atoms with E-state index in [1.54, 1.807) is 6.20 Å². The standard InChI is InChI=1S/C11H13ClN4/c12-10-9-8(6-13-16-10)14-11(15-9)7-4-2-1-3-5-7/h6-7H,1-5H2,(H,14,15). The van der Waals surface area contributed by atoms with Crippen molar-refractivity contribution < 1.29 is 0 Å². The Hall–Kier alpha value is -1.16. The first-order valence-corrected chi connectivity index (χ1v) is 6.09. The van der Waals surface area contributed by atoms with Crippen LogP contribution in [-0.2, 0) is 0 Å². The number of nitrogens with one attached hydrogen (secondary N) is 1. The highest BCUT2D eigenvalue weighted by Gasteiger charge is 2.19. The minimum absolute atomic E-state index is 0.385. The van der Waals surface area contributed by atoms with Gasteiger partial charge in [-0.3, -0.25) is 0 Å². The van der Waals surface area contributed by atoms with Crippen LogP contribution in [0.2, 0.25) is 5.15 Å². The Labute approximate surface area is 98.4 Å². The molecule has 0 unspecified atom stereocenters. The zero-order valence-corrected chi connectivity index (χ0v) is 9.67. The molecular formula is C11H13ClN4. The number of imidazole rings is 1. The van der Waals surface area contributed by atoms with Crippen molar-refractivity contribution >= 4 is 22.6 Å². The first kappa shape index (κ1) is 10.0. The number of aromatic amines is 1. The Morgan fingerprint density at radius 1 is 1.25 bits per heavy atom. The van der Waals surface area contributed by atoms with Crippen LogP contribution in [-0.4, -0.2) is 20.2 Å². The van der Waals surface area contributed by atoms with Gasteiger partial charge in [0.25, 0.3) is 0 Å². The number of hydrogen-bond acceptors (Lipinski definition) is 3. The largest absolute Gasteiger partial charge is 0.340 e. The Morgan fingerprint density at radius 2 is 2.06 bits per heavy atom. The Bertz CT molecular complexity index is 502. The van der Waals surface area contributed by atoms with Gasteiger partial charge in [-0.25, -0.2) is 4.98 Å². The fourth-order valence-electron chi connectivity index (χ4n) is 2.41. The van der Waals surface area contributed by atoms with Crippen LogP contribution in [0.5, 0.6) is 0 Å². The molecule has 0 spiro atoms. The first-order chi connectivity index (χ1) is 7.84. The lowest BCUT2D eigenvalue weighted by molar-refractivity contribution is 0.431. The van der Waals surface area contributed by atoms with E-state index in [0.717, 1.165) is 16.9 Å². The van der Waals surface area contributed by atoms with Gasteiger partial charge in [-0.1, -0.05) is 30.9 Å². The molecule has 1 aliphatic rings. The molecule has 0 amide bonds. The lowest BCUT2D eigenvalue weighted by atomic mass is 9.89. The SMILES string of the molecule is Clc1nncc2[nH]c(C3CCCCC3)nc12. The third-order valence-electron chi connectivity index (χ3n) is 3.27. The highest BCUT2D eigenvalue weighted by molar-refractivity contribution is 6.33. The van der Waals surface area contributed by atoms with Crippen molar-refractivity contribution in [2.75, 3.05) is 0 Å². The van der Waals surface area contributed by atoms with Crippen molar-refractivity contribution in [3.63, 3.8) is 0 Å². The monoisotopic (exact) mass is 236 g/mol. The number of halogens is 1. The van der Waals surface area contributed by atoms with Gasteiger partial charge in [0.05, 0.1) is 11.7 Å². The van der Waals surface area contributed by atoms with Gasteiger partial charge in [-0.2, -0.15) is 5.10 Å². The number of fused-ring (bicyclic) bond motifs is 1. The van der Waals surface area contributed by atoms with Gasteiger partial charge in [-0.05, 0) is 12.8 Å². The molecule has 5 heteroatoms. The summed E-state index contributed by atoms with van der Waals surface area (Å²) in [7, 11) is 0. The van der Waals surface area contributed by atoms with Gasteiger partial charge in [0, 0.05) is 5.92 Å². The maximum atomic E-state index is 5.95. The van der Waals surface area contributed by atoms with Crippen molar-refractivity contribution in [1.82, 2.24) is 20.2 Å². The van der Waals surface area contributed by atoms with Gasteiger partial charge >= 0.3 is 0 Å². The summed E-state index contributed by atoms with van der Waals surface area (Å²) in [6, 6.07) is 0. The van der Waals surface area contributed by atoms with E-state index in [4.69, 9.17) is 11.6 Å². The molecule has 0 aromatic carbocycles. The highest BCUT2D eigenvalue weighted by Crippen LogP contribution is 2.32. The Kier molecular flexibility index (Phi) is 2.52. The van der Waals surface area contributed by atoms with E-state index in [9.17, 15) is 0 Å². The van der Waals surface area contributed by atoms with Crippen molar-refractivity contribution in [2.45, 2.75) is 38.0 Å². The third kappa shape index (κ3) is 1.67. The zero-order valence-electron chi connectivity index (χ0n) is 8.91. The van der Waals surface area contributed by atoms with Crippen molar-refractivity contribution in [3.05, 3.63) is 17.2 Å². The summed E-state index contributed by atoms with van der Waals surface area (Å²) in [5, 5.41) is 8.00. The van der Waals surface area contributed by atoms with E-state index in [1.165, 1.54) is 32.1 Å². The minimum atomic E-state index is 0.385. The molecule has 84 valence electrons. The van der Waals surface area contributed by atoms with E-state index < -0.39 is 0 Å². The van der Waals surface area contributed by atoms with Crippen LogP contribution in [0.1, 0.15) is 43.8 Å². The second kappa shape index (κ2) is 4.01. The molecule has 0 atom stereocenters. The summed E-state index contributed by atoms with van der Waals surface area (Å²) in [4.78, 5) is 7.85. The Balaban J connectivity index is 2.01. The van der Waals surface area contributed by atoms with Crippen LogP contribution in [0.15, 0.2) is 6.20 Å². The quantitative estimate of drug-likeness (QED) is 0.828. The molecule has 16 heavy (non-hydrogen) atoms. The minimum Gasteiger partial charge on any atom is -0.340 e. The highest BCUT2D eigenvalue weighted by atomic mass is 35.5. The molecule has 2 aromatic heterocycles. The summed E-state index contributed by atoms with van der Waals surface area (Å²) in [5.74, 6) is 1.60. The van der Waals surface area contributed by atoms with Crippen LogP contribution in [0.25, 0.3) is 11.0 Å². The molecular weight excluding hydrogens is 224 g/mol. The smallest absolute Gasteiger partial charge is 0.179 e. The molecule has 0 saturated heterocycles. The fraction of sp³-hybridized carbons (Fsp3) is 0.545. The number of hydrogen-bond donors (Lipinski definition) is 1. The predicted octanol–water partition coefficient (Wildman–Crippen LogP) is 3.05. The normalized spacial score (nSPS) is 18.1. The molecule has 1 saturated carbocycles. The van der Waals surface area contributed by atoms with E-state index in [1.807, 2.05) is 0 Å². The summed E-state index contributed by atoms with van der Waals surface area (Å²) >= 11 is 5.95. The second-order valence-corrected chi connectivity index (χ2v) is 4.71. The Morgan fingerprint density at radius 3 is 2.81 bits per heavy atom. The molecule has 1 fully saturated rings. The topological polar surface area (TPSA) is 54.5 Å². The molecule has 1 N–H and O–H groups in total. The van der Waals surface area contributed by atoms with Crippen molar-refractivity contribution in [1.29, 1.82) is 0 Å². The molecule has 2 heterocycles. The number of nitrogens with zero attached hydrogens (tertiary/aromatic N) is 3. The van der Waals surface area contributed by atoms with E-state index in [0.29, 0.717) is 11.1 Å². The second-order valence-electron chi connectivity index (χ2n) is 4.35. The predicted molar refractivity (Wildman–Crippen MR) is 62.5 cm³/mol. The summed E-state index contributed by atoms with van der Waals surface area (Å²) < 4.78 is 0.